The van der Waals surface area contributed by atoms with E-state index in [0.717, 1.165) is 25.3 Å². The summed E-state index contributed by atoms with van der Waals surface area (Å²) in [6.45, 7) is 5.24. The minimum Gasteiger partial charge on any atom is -0.392 e. The van der Waals surface area contributed by atoms with Gasteiger partial charge >= 0.3 is 0 Å². The van der Waals surface area contributed by atoms with Gasteiger partial charge in [-0.25, -0.2) is 0 Å². The highest BCUT2D eigenvalue weighted by Crippen LogP contribution is 2.47. The highest BCUT2D eigenvalue weighted by atomic mass is 32.1. The van der Waals surface area contributed by atoms with Crippen molar-refractivity contribution in [2.45, 2.75) is 33.1 Å². The van der Waals surface area contributed by atoms with Crippen LogP contribution < -0.4 is 5.73 Å². The fourth-order valence-electron chi connectivity index (χ4n) is 3.06. The van der Waals surface area contributed by atoms with Crippen LogP contribution in [0.5, 0.6) is 0 Å². The van der Waals surface area contributed by atoms with Gasteiger partial charge in [-0.2, -0.15) is 0 Å². The quantitative estimate of drug-likeness (QED) is 0.778. The van der Waals surface area contributed by atoms with E-state index in [9.17, 15) is 4.79 Å². The van der Waals surface area contributed by atoms with Crippen LogP contribution in [0, 0.1) is 23.2 Å². The van der Waals surface area contributed by atoms with Crippen molar-refractivity contribution in [1.82, 2.24) is 4.90 Å². The monoisotopic (exact) mass is 254 g/mol. The van der Waals surface area contributed by atoms with E-state index in [-0.39, 0.29) is 5.91 Å². The van der Waals surface area contributed by atoms with Crippen LogP contribution in [0.15, 0.2) is 0 Å². The molecule has 2 saturated carbocycles. The van der Waals surface area contributed by atoms with Gasteiger partial charge < -0.3 is 10.6 Å². The van der Waals surface area contributed by atoms with Crippen molar-refractivity contribution in [2.75, 3.05) is 13.6 Å². The van der Waals surface area contributed by atoms with Gasteiger partial charge in [0.25, 0.3) is 0 Å². The molecule has 0 aromatic heterocycles. The molecule has 0 aromatic rings. The Morgan fingerprint density at radius 1 is 1.47 bits per heavy atom. The molecule has 2 aliphatic rings. The number of carbonyl (C=O) groups is 1. The van der Waals surface area contributed by atoms with E-state index in [4.69, 9.17) is 18.0 Å². The first-order valence-electron chi connectivity index (χ1n) is 6.42. The number of amides is 1. The van der Waals surface area contributed by atoms with Crippen molar-refractivity contribution in [2.24, 2.45) is 28.9 Å². The van der Waals surface area contributed by atoms with E-state index in [1.54, 1.807) is 0 Å². The van der Waals surface area contributed by atoms with E-state index < -0.39 is 5.41 Å². The number of hydrogen-bond donors (Lipinski definition) is 1. The number of thiocarbonyl (C=S) groups is 1. The molecule has 0 aromatic carbocycles. The predicted octanol–water partition coefficient (Wildman–Crippen LogP) is 1.80. The van der Waals surface area contributed by atoms with Crippen LogP contribution in [0.3, 0.4) is 0 Å². The Morgan fingerprint density at radius 2 is 2.00 bits per heavy atom. The summed E-state index contributed by atoms with van der Waals surface area (Å²) >= 11 is 5.11. The van der Waals surface area contributed by atoms with Crippen molar-refractivity contribution in [3.63, 3.8) is 0 Å². The van der Waals surface area contributed by atoms with Gasteiger partial charge in [0.2, 0.25) is 5.91 Å². The molecule has 2 atom stereocenters. The molecule has 96 valence electrons. The maximum atomic E-state index is 12.5. The van der Waals surface area contributed by atoms with Crippen LogP contribution in [-0.4, -0.2) is 29.4 Å². The van der Waals surface area contributed by atoms with Crippen LogP contribution in [0.25, 0.3) is 0 Å². The summed E-state index contributed by atoms with van der Waals surface area (Å²) in [5.41, 5.74) is 5.27. The molecule has 2 fully saturated rings. The third-order valence-electron chi connectivity index (χ3n) is 4.41. The minimum absolute atomic E-state index is 0.141. The highest BCUT2D eigenvalue weighted by Gasteiger charge is 2.52. The number of rotatable bonds is 4. The largest absolute Gasteiger partial charge is 0.392 e. The summed E-state index contributed by atoms with van der Waals surface area (Å²) < 4.78 is 0. The Balaban J connectivity index is 1.99. The molecule has 0 radical (unpaired) electrons. The summed E-state index contributed by atoms with van der Waals surface area (Å²) in [4.78, 5) is 14.7. The first-order chi connectivity index (χ1) is 7.86. The number of hydrogen-bond acceptors (Lipinski definition) is 2. The number of carbonyl (C=O) groups excluding carboxylic acids is 1. The lowest BCUT2D eigenvalue weighted by molar-refractivity contribution is -0.142. The van der Waals surface area contributed by atoms with Crippen LogP contribution in [0.2, 0.25) is 0 Å². The molecule has 0 saturated heterocycles. The van der Waals surface area contributed by atoms with Gasteiger partial charge in [-0.05, 0) is 37.0 Å². The minimum atomic E-state index is -0.526. The smallest absolute Gasteiger partial charge is 0.235 e. The molecule has 1 amide bonds. The zero-order valence-electron chi connectivity index (χ0n) is 10.9. The molecular weight excluding hydrogens is 232 g/mol. The summed E-state index contributed by atoms with van der Waals surface area (Å²) in [6.07, 6.45) is 2.89. The van der Waals surface area contributed by atoms with E-state index in [1.807, 2.05) is 11.9 Å². The standard InChI is InChI=1S/C13H22N2OS/c1-8-5-13(6-8,11(14)17)12(16)15(3)7-10-4-9(10)2/h8-10H,4-7H2,1-3H3,(H2,14,17). The zero-order valence-corrected chi connectivity index (χ0v) is 11.7. The Morgan fingerprint density at radius 3 is 2.35 bits per heavy atom. The van der Waals surface area contributed by atoms with Gasteiger partial charge in [0.05, 0.1) is 10.4 Å². The second-order valence-corrected chi connectivity index (χ2v) is 6.56. The van der Waals surface area contributed by atoms with Crippen molar-refractivity contribution in [3.8, 4) is 0 Å². The Hall–Kier alpha value is -0.640. The first kappa shape index (κ1) is 12.8. The van der Waals surface area contributed by atoms with Crippen LogP contribution in [0.4, 0.5) is 0 Å². The lowest BCUT2D eigenvalue weighted by atomic mass is 9.61. The third-order valence-corrected chi connectivity index (χ3v) is 4.80. The average molecular weight is 254 g/mol. The van der Waals surface area contributed by atoms with Crippen LogP contribution in [0.1, 0.15) is 33.1 Å². The van der Waals surface area contributed by atoms with E-state index in [2.05, 4.69) is 13.8 Å². The Kier molecular flexibility index (Phi) is 3.19. The predicted molar refractivity (Wildman–Crippen MR) is 72.5 cm³/mol. The lowest BCUT2D eigenvalue weighted by Gasteiger charge is -2.46. The molecule has 2 aliphatic carbocycles. The van der Waals surface area contributed by atoms with Crippen molar-refractivity contribution >= 4 is 23.1 Å². The molecule has 0 heterocycles. The van der Waals surface area contributed by atoms with Crippen molar-refractivity contribution in [3.05, 3.63) is 0 Å². The van der Waals surface area contributed by atoms with E-state index in [1.165, 1.54) is 6.42 Å². The second-order valence-electron chi connectivity index (χ2n) is 6.12. The van der Waals surface area contributed by atoms with E-state index in [0.29, 0.717) is 16.8 Å². The van der Waals surface area contributed by atoms with Crippen molar-refractivity contribution < 1.29 is 4.79 Å². The second kappa shape index (κ2) is 4.23. The van der Waals surface area contributed by atoms with Gasteiger partial charge in [-0.15, -0.1) is 0 Å². The lowest BCUT2D eigenvalue weighted by Crippen LogP contribution is -2.56. The molecule has 2 unspecified atom stereocenters. The zero-order chi connectivity index (χ0) is 12.8. The normalized spacial score (nSPS) is 39.4. The van der Waals surface area contributed by atoms with Gasteiger partial charge in [0.15, 0.2) is 0 Å². The van der Waals surface area contributed by atoms with E-state index >= 15 is 0 Å². The molecule has 0 spiro atoms. The molecule has 0 bridgehead atoms. The molecule has 4 heteroatoms. The Bertz CT molecular complexity index is 349. The molecule has 2 rings (SSSR count). The van der Waals surface area contributed by atoms with Gasteiger partial charge in [0.1, 0.15) is 0 Å². The molecule has 0 aliphatic heterocycles. The van der Waals surface area contributed by atoms with Gasteiger partial charge in [0, 0.05) is 13.6 Å². The molecule has 3 nitrogen and oxygen atoms in total. The Labute approximate surface area is 109 Å². The van der Waals surface area contributed by atoms with Crippen LogP contribution in [-0.2, 0) is 4.79 Å². The summed E-state index contributed by atoms with van der Waals surface area (Å²) in [7, 11) is 1.89. The van der Waals surface area contributed by atoms with Gasteiger partial charge in [-0.3, -0.25) is 4.79 Å². The summed E-state index contributed by atoms with van der Waals surface area (Å²) in [5.74, 6) is 2.16. The molecule has 2 N–H and O–H groups in total. The third kappa shape index (κ3) is 2.19. The summed E-state index contributed by atoms with van der Waals surface area (Å²) in [6, 6.07) is 0. The molecular formula is C13H22N2OS. The average Bonchev–Trinajstić information content (AvgIpc) is 2.87. The number of nitrogens with zero attached hydrogens (tertiary/aromatic N) is 1. The molecule has 17 heavy (non-hydrogen) atoms. The fourth-order valence-corrected chi connectivity index (χ4v) is 3.32. The number of nitrogens with two attached hydrogens (primary N) is 1. The summed E-state index contributed by atoms with van der Waals surface area (Å²) in [5, 5.41) is 0. The highest BCUT2D eigenvalue weighted by molar-refractivity contribution is 7.80. The topological polar surface area (TPSA) is 46.3 Å². The first-order valence-corrected chi connectivity index (χ1v) is 6.83. The van der Waals surface area contributed by atoms with Crippen molar-refractivity contribution in [1.29, 1.82) is 0 Å². The van der Waals surface area contributed by atoms with Crippen LogP contribution >= 0.6 is 12.2 Å². The fraction of sp³-hybridized carbons (Fsp3) is 0.846. The SMILES string of the molecule is CC1CC(C(=O)N(C)CC2CC2C)(C(N)=S)C1. The van der Waals surface area contributed by atoms with Gasteiger partial charge in [-0.1, -0.05) is 26.1 Å². The maximum absolute atomic E-state index is 12.5. The maximum Gasteiger partial charge on any atom is 0.235 e.